The molecule has 0 aliphatic carbocycles. The summed E-state index contributed by atoms with van der Waals surface area (Å²) in [5, 5.41) is 4.46. The minimum absolute atomic E-state index is 0.0590. The molecule has 0 saturated carbocycles. The van der Waals surface area contributed by atoms with E-state index in [2.05, 4.69) is 24.1 Å². The number of fused-ring (bicyclic) bond motifs is 3. The van der Waals surface area contributed by atoms with Crippen LogP contribution in [0.5, 0.6) is 0 Å². The molecule has 0 unspecified atom stereocenters. The topological polar surface area (TPSA) is 76.9 Å². The Bertz CT molecular complexity index is 1340. The summed E-state index contributed by atoms with van der Waals surface area (Å²) >= 11 is 2.68. The molecule has 0 radical (unpaired) electrons. The van der Waals surface area contributed by atoms with E-state index in [1.54, 1.807) is 10.8 Å². The van der Waals surface area contributed by atoms with Gasteiger partial charge >= 0.3 is 0 Å². The van der Waals surface area contributed by atoms with E-state index >= 15 is 0 Å². The number of aryl methyl sites for hydroxylation is 2. The average Bonchev–Trinajstić information content (AvgIpc) is 3.13. The van der Waals surface area contributed by atoms with E-state index in [4.69, 9.17) is 4.98 Å². The number of thiophene rings is 1. The third-order valence-electron chi connectivity index (χ3n) is 5.33. The number of carbonyl (C=O) groups excluding carboxylic acids is 1. The second-order valence-corrected chi connectivity index (χ2v) is 10.2. The Hall–Kier alpha value is -2.71. The van der Waals surface area contributed by atoms with Crippen LogP contribution in [0.3, 0.4) is 0 Å². The second kappa shape index (κ2) is 9.42. The van der Waals surface area contributed by atoms with E-state index in [9.17, 15) is 9.59 Å². The van der Waals surface area contributed by atoms with E-state index in [-0.39, 0.29) is 17.2 Å². The zero-order valence-electron chi connectivity index (χ0n) is 18.6. The van der Waals surface area contributed by atoms with E-state index < -0.39 is 0 Å². The normalized spacial score (nSPS) is 11.5. The van der Waals surface area contributed by atoms with Crippen molar-refractivity contribution in [3.05, 3.63) is 58.0 Å². The van der Waals surface area contributed by atoms with Gasteiger partial charge < -0.3 is 5.32 Å². The lowest BCUT2D eigenvalue weighted by Crippen LogP contribution is -2.24. The van der Waals surface area contributed by atoms with Crippen LogP contribution in [0.2, 0.25) is 0 Å². The van der Waals surface area contributed by atoms with E-state index in [1.165, 1.54) is 23.1 Å². The Morgan fingerprint density at radius 1 is 1.19 bits per heavy atom. The minimum Gasteiger partial charge on any atom is -0.325 e. The van der Waals surface area contributed by atoms with E-state index in [0.717, 1.165) is 33.5 Å². The molecule has 0 bridgehead atoms. The Labute approximate surface area is 195 Å². The molecule has 0 spiro atoms. The molecule has 6 nitrogen and oxygen atoms in total. The standard InChI is InChI=1S/C24H26N4O2S2/c1-14(2)10-12-28-23(30)21-20(17-9-6-11-25-22(17)32-21)27-24(28)31-13-18(29)26-19-15(3)7-5-8-16(19)4/h5-9,11,14H,10,12-13H2,1-4H3,(H,26,29). The molecule has 8 heteroatoms. The van der Waals surface area contributed by atoms with Gasteiger partial charge in [-0.25, -0.2) is 9.97 Å². The molecule has 1 aromatic carbocycles. The monoisotopic (exact) mass is 466 g/mol. The molecule has 1 amide bonds. The minimum atomic E-state index is -0.117. The van der Waals surface area contributed by atoms with Crippen LogP contribution in [0.15, 0.2) is 46.5 Å². The Balaban J connectivity index is 1.66. The van der Waals surface area contributed by atoms with Crippen molar-refractivity contribution in [3.8, 4) is 0 Å². The highest BCUT2D eigenvalue weighted by Crippen LogP contribution is 2.30. The van der Waals surface area contributed by atoms with Crippen molar-refractivity contribution in [2.45, 2.75) is 45.8 Å². The molecule has 3 aromatic heterocycles. The van der Waals surface area contributed by atoms with Gasteiger partial charge in [0.15, 0.2) is 5.16 Å². The largest absolute Gasteiger partial charge is 0.325 e. The summed E-state index contributed by atoms with van der Waals surface area (Å²) in [4.78, 5) is 36.1. The molecular formula is C24H26N4O2S2. The van der Waals surface area contributed by atoms with Gasteiger partial charge in [0.1, 0.15) is 9.53 Å². The number of nitrogens with zero attached hydrogens (tertiary/aromatic N) is 3. The van der Waals surface area contributed by atoms with Gasteiger partial charge in [0, 0.05) is 23.8 Å². The first-order chi connectivity index (χ1) is 15.3. The number of nitrogens with one attached hydrogen (secondary N) is 1. The molecule has 0 aliphatic heterocycles. The third kappa shape index (κ3) is 4.56. The first-order valence-electron chi connectivity index (χ1n) is 10.6. The van der Waals surface area contributed by atoms with Crippen LogP contribution in [0, 0.1) is 19.8 Å². The molecule has 0 aliphatic rings. The lowest BCUT2D eigenvalue weighted by Gasteiger charge is -2.14. The third-order valence-corrected chi connectivity index (χ3v) is 7.39. The highest BCUT2D eigenvalue weighted by Gasteiger charge is 2.18. The molecule has 32 heavy (non-hydrogen) atoms. The molecule has 0 saturated heterocycles. The van der Waals surface area contributed by atoms with Gasteiger partial charge in [0.2, 0.25) is 5.91 Å². The van der Waals surface area contributed by atoms with Crippen molar-refractivity contribution in [2.75, 3.05) is 11.1 Å². The van der Waals surface area contributed by atoms with E-state index in [0.29, 0.717) is 27.8 Å². The Morgan fingerprint density at radius 3 is 2.66 bits per heavy atom. The molecular weight excluding hydrogens is 440 g/mol. The van der Waals surface area contributed by atoms with Crippen molar-refractivity contribution < 1.29 is 4.79 Å². The molecule has 4 aromatic rings. The summed E-state index contributed by atoms with van der Waals surface area (Å²) < 4.78 is 2.33. The summed E-state index contributed by atoms with van der Waals surface area (Å²) in [6.07, 6.45) is 2.58. The van der Waals surface area contributed by atoms with Crippen molar-refractivity contribution in [2.24, 2.45) is 5.92 Å². The van der Waals surface area contributed by atoms with Gasteiger partial charge in [-0.05, 0) is 49.4 Å². The maximum Gasteiger partial charge on any atom is 0.272 e. The molecule has 3 heterocycles. The van der Waals surface area contributed by atoms with Crippen molar-refractivity contribution >= 4 is 55.1 Å². The SMILES string of the molecule is Cc1cccc(C)c1NC(=O)CSc1nc2c(sc3ncccc32)c(=O)n1CCC(C)C. The number of hydrogen-bond acceptors (Lipinski definition) is 6. The number of anilines is 1. The van der Waals surface area contributed by atoms with Gasteiger partial charge in [-0.15, -0.1) is 11.3 Å². The number of thioether (sulfide) groups is 1. The zero-order chi connectivity index (χ0) is 22.8. The van der Waals surface area contributed by atoms with Crippen LogP contribution >= 0.6 is 23.1 Å². The summed E-state index contributed by atoms with van der Waals surface area (Å²) in [7, 11) is 0. The number of benzene rings is 1. The lowest BCUT2D eigenvalue weighted by molar-refractivity contribution is -0.113. The molecule has 4 rings (SSSR count). The summed E-state index contributed by atoms with van der Waals surface area (Å²) in [6.45, 7) is 8.79. The number of rotatable bonds is 7. The second-order valence-electron chi connectivity index (χ2n) is 8.27. The van der Waals surface area contributed by atoms with Gasteiger partial charge in [0.05, 0.1) is 11.3 Å². The van der Waals surface area contributed by atoms with Crippen LogP contribution < -0.4 is 10.9 Å². The summed E-state index contributed by atoms with van der Waals surface area (Å²) in [5.74, 6) is 0.508. The van der Waals surface area contributed by atoms with Crippen LogP contribution in [0.25, 0.3) is 20.4 Å². The number of hydrogen-bond donors (Lipinski definition) is 1. The van der Waals surface area contributed by atoms with Gasteiger partial charge in [0.25, 0.3) is 5.56 Å². The highest BCUT2D eigenvalue weighted by molar-refractivity contribution is 7.99. The number of aromatic nitrogens is 3. The van der Waals surface area contributed by atoms with Crippen LogP contribution in [0.4, 0.5) is 5.69 Å². The van der Waals surface area contributed by atoms with Gasteiger partial charge in [-0.1, -0.05) is 43.8 Å². The quantitative estimate of drug-likeness (QED) is 0.291. The van der Waals surface area contributed by atoms with Crippen molar-refractivity contribution in [1.29, 1.82) is 0 Å². The molecule has 0 atom stereocenters. The maximum atomic E-state index is 13.3. The Morgan fingerprint density at radius 2 is 1.94 bits per heavy atom. The fraction of sp³-hybridized carbons (Fsp3) is 0.333. The van der Waals surface area contributed by atoms with E-state index in [1.807, 2.05) is 44.2 Å². The molecule has 0 fully saturated rings. The first kappa shape index (κ1) is 22.5. The smallest absolute Gasteiger partial charge is 0.272 e. The fourth-order valence-corrected chi connectivity index (χ4v) is 5.40. The summed E-state index contributed by atoms with van der Waals surface area (Å²) in [6, 6.07) is 9.72. The van der Waals surface area contributed by atoms with Crippen LogP contribution in [0.1, 0.15) is 31.4 Å². The van der Waals surface area contributed by atoms with Crippen molar-refractivity contribution in [3.63, 3.8) is 0 Å². The molecule has 1 N–H and O–H groups in total. The summed E-state index contributed by atoms with van der Waals surface area (Å²) in [5.41, 5.74) is 3.49. The first-order valence-corrected chi connectivity index (χ1v) is 12.4. The van der Waals surface area contributed by atoms with Gasteiger partial charge in [-0.2, -0.15) is 0 Å². The van der Waals surface area contributed by atoms with Gasteiger partial charge in [-0.3, -0.25) is 14.2 Å². The Kier molecular flexibility index (Phi) is 6.62. The number of pyridine rings is 1. The highest BCUT2D eigenvalue weighted by atomic mass is 32.2. The average molecular weight is 467 g/mol. The predicted octanol–water partition coefficient (Wildman–Crippen LogP) is 5.40. The number of para-hydroxylation sites is 1. The predicted molar refractivity (Wildman–Crippen MR) is 134 cm³/mol. The van der Waals surface area contributed by atoms with Crippen LogP contribution in [-0.4, -0.2) is 26.2 Å². The maximum absolute atomic E-state index is 13.3. The van der Waals surface area contributed by atoms with Crippen LogP contribution in [-0.2, 0) is 11.3 Å². The fourth-order valence-electron chi connectivity index (χ4n) is 3.55. The van der Waals surface area contributed by atoms with Crippen molar-refractivity contribution in [1.82, 2.24) is 14.5 Å². The number of carbonyl (C=O) groups is 1. The molecule has 166 valence electrons. The lowest BCUT2D eigenvalue weighted by atomic mass is 10.1. The number of amides is 1. The zero-order valence-corrected chi connectivity index (χ0v) is 20.3.